The van der Waals surface area contributed by atoms with Gasteiger partial charge in [0, 0.05) is 0 Å². The molecule has 0 aromatic rings. The maximum atomic E-state index is 10.3. The van der Waals surface area contributed by atoms with Gasteiger partial charge in [-0.25, -0.2) is 14.4 Å². The van der Waals surface area contributed by atoms with Crippen LogP contribution in [0, 0.1) is 0 Å². The van der Waals surface area contributed by atoms with E-state index < -0.39 is 60.5 Å². The Hall–Kier alpha value is -1.77. The van der Waals surface area contributed by atoms with Crippen LogP contribution in [0.15, 0.2) is 0 Å². The fourth-order valence-electron chi connectivity index (χ4n) is 0.984. The number of aliphatic hydroxyl groups excluding tert-OH is 2. The van der Waals surface area contributed by atoms with Crippen LogP contribution in [0.4, 0.5) is 0 Å². The molecule has 134 valence electrons. The molecular formula is C10H15NaO13. The minimum absolute atomic E-state index is 0. The summed E-state index contributed by atoms with van der Waals surface area (Å²) in [5.41, 5.74) is -2.74. The van der Waals surface area contributed by atoms with Crippen molar-refractivity contribution >= 4 is 59.4 Å². The first kappa shape index (κ1) is 27.1. The van der Waals surface area contributed by atoms with E-state index in [9.17, 15) is 24.0 Å². The number of hydrogen-bond acceptors (Lipinski definition) is 8. The topological polar surface area (TPSA) is 247 Å². The normalized spacial score (nSPS) is 12.5. The summed E-state index contributed by atoms with van der Waals surface area (Å²) < 4.78 is 0. The second kappa shape index (κ2) is 11.7. The Kier molecular flexibility index (Phi) is 13.2. The molecule has 0 aliphatic rings. The van der Waals surface area contributed by atoms with Crippen molar-refractivity contribution in [2.75, 3.05) is 0 Å². The molecule has 0 saturated carbocycles. The molecule has 0 spiro atoms. The Labute approximate surface area is 155 Å². The van der Waals surface area contributed by atoms with Crippen molar-refractivity contribution < 1.29 is 64.8 Å². The van der Waals surface area contributed by atoms with Crippen molar-refractivity contribution in [2.24, 2.45) is 0 Å². The fraction of sp³-hybridized carbons (Fsp3) is 0.500. The number of rotatable bonds is 8. The van der Waals surface area contributed by atoms with Crippen LogP contribution >= 0.6 is 0 Å². The summed E-state index contributed by atoms with van der Waals surface area (Å²) in [7, 11) is 0. The molecule has 2 atom stereocenters. The van der Waals surface area contributed by atoms with Gasteiger partial charge >= 0.3 is 59.4 Å². The van der Waals surface area contributed by atoms with Crippen LogP contribution in [-0.4, -0.2) is 118 Å². The SMILES string of the molecule is O=C(O)C(O)C(O)C(=O)O.O=C(O)CC(O)(CC(=O)O)C(=O)O.[NaH]. The molecule has 2 unspecified atom stereocenters. The van der Waals surface area contributed by atoms with E-state index in [0.29, 0.717) is 0 Å². The van der Waals surface area contributed by atoms with Gasteiger partial charge in [0.1, 0.15) is 0 Å². The quantitative estimate of drug-likeness (QED) is 0.191. The summed E-state index contributed by atoms with van der Waals surface area (Å²) >= 11 is 0. The van der Waals surface area contributed by atoms with E-state index in [-0.39, 0.29) is 29.6 Å². The number of aliphatic hydroxyl groups is 3. The Morgan fingerprint density at radius 2 is 0.958 bits per heavy atom. The van der Waals surface area contributed by atoms with Crippen LogP contribution in [0.1, 0.15) is 12.8 Å². The molecule has 0 aromatic carbocycles. The molecule has 13 nitrogen and oxygen atoms in total. The van der Waals surface area contributed by atoms with Gasteiger partial charge in [0.2, 0.25) is 0 Å². The number of hydrogen-bond donors (Lipinski definition) is 8. The van der Waals surface area contributed by atoms with Crippen LogP contribution in [0.2, 0.25) is 0 Å². The first-order chi connectivity index (χ1) is 10.2. The Morgan fingerprint density at radius 1 is 0.708 bits per heavy atom. The monoisotopic (exact) mass is 366 g/mol. The molecule has 0 aliphatic heterocycles. The molecule has 0 heterocycles. The molecule has 0 aliphatic carbocycles. The van der Waals surface area contributed by atoms with Crippen LogP contribution in [-0.2, 0) is 24.0 Å². The number of carboxylic acids is 5. The molecule has 14 heteroatoms. The average molecular weight is 366 g/mol. The predicted molar refractivity (Wildman–Crippen MR) is 71.5 cm³/mol. The molecule has 0 amide bonds. The Morgan fingerprint density at radius 3 is 1.08 bits per heavy atom. The third kappa shape index (κ3) is 10.9. The van der Waals surface area contributed by atoms with Gasteiger partial charge in [-0.2, -0.15) is 0 Å². The van der Waals surface area contributed by atoms with Gasteiger partial charge in [-0.15, -0.1) is 0 Å². The van der Waals surface area contributed by atoms with Gasteiger partial charge in [0.15, 0.2) is 17.8 Å². The zero-order valence-electron chi connectivity index (χ0n) is 11.2. The van der Waals surface area contributed by atoms with Gasteiger partial charge in [-0.3, -0.25) is 9.59 Å². The first-order valence-corrected chi connectivity index (χ1v) is 5.45. The van der Waals surface area contributed by atoms with Gasteiger partial charge in [-0.1, -0.05) is 0 Å². The number of carboxylic acid groups (broad SMARTS) is 5. The molecule has 0 radical (unpaired) electrons. The number of aliphatic carboxylic acids is 5. The zero-order chi connectivity index (χ0) is 19.0. The summed E-state index contributed by atoms with van der Waals surface area (Å²) in [5, 5.41) is 66.3. The second-order valence-electron chi connectivity index (χ2n) is 4.04. The second-order valence-corrected chi connectivity index (χ2v) is 4.04. The van der Waals surface area contributed by atoms with Crippen molar-refractivity contribution in [1.82, 2.24) is 0 Å². The van der Waals surface area contributed by atoms with Crippen molar-refractivity contribution in [3.8, 4) is 0 Å². The van der Waals surface area contributed by atoms with Crippen LogP contribution in [0.25, 0.3) is 0 Å². The van der Waals surface area contributed by atoms with Gasteiger partial charge in [-0.05, 0) is 0 Å². The summed E-state index contributed by atoms with van der Waals surface area (Å²) in [4.78, 5) is 50.0. The minimum atomic E-state index is -2.74. The van der Waals surface area contributed by atoms with E-state index in [1.165, 1.54) is 0 Å². The molecule has 0 bridgehead atoms. The van der Waals surface area contributed by atoms with E-state index >= 15 is 0 Å². The molecule has 0 fully saturated rings. The summed E-state index contributed by atoms with van der Waals surface area (Å²) in [6.45, 7) is 0. The Bertz CT molecular complexity index is 453. The zero-order valence-corrected chi connectivity index (χ0v) is 11.2. The van der Waals surface area contributed by atoms with E-state index in [2.05, 4.69) is 0 Å². The molecular weight excluding hydrogens is 351 g/mol. The van der Waals surface area contributed by atoms with Crippen LogP contribution in [0.3, 0.4) is 0 Å². The molecule has 24 heavy (non-hydrogen) atoms. The molecule has 0 rings (SSSR count). The van der Waals surface area contributed by atoms with E-state index in [1.54, 1.807) is 0 Å². The van der Waals surface area contributed by atoms with Crippen LogP contribution in [0.5, 0.6) is 0 Å². The Balaban J connectivity index is -0.000000364. The fourth-order valence-corrected chi connectivity index (χ4v) is 0.984. The van der Waals surface area contributed by atoms with Crippen molar-refractivity contribution in [3.63, 3.8) is 0 Å². The van der Waals surface area contributed by atoms with Gasteiger partial charge < -0.3 is 40.9 Å². The third-order valence-electron chi connectivity index (χ3n) is 2.09. The average Bonchev–Trinajstić information content (AvgIpc) is 2.35. The van der Waals surface area contributed by atoms with Crippen molar-refractivity contribution in [2.45, 2.75) is 30.7 Å². The van der Waals surface area contributed by atoms with E-state index in [1.807, 2.05) is 0 Å². The summed E-state index contributed by atoms with van der Waals surface area (Å²) in [5.74, 6) is -8.56. The van der Waals surface area contributed by atoms with E-state index in [0.717, 1.165) is 0 Å². The molecule has 0 saturated heterocycles. The maximum absolute atomic E-state index is 10.3. The standard InChI is InChI=1S/C6H8O7.C4H6O6.Na.H/c7-3(8)1-6(13,5(11)12)2-4(9)10;5-1(3(7)8)2(6)4(9)10;;/h13H,1-2H2,(H,7,8)(H,9,10)(H,11,12);1-2,5-6H,(H,7,8)(H,9,10);;. The summed E-state index contributed by atoms with van der Waals surface area (Å²) in [6, 6.07) is 0. The predicted octanol–water partition coefficient (Wildman–Crippen LogP) is -4.02. The molecule has 0 aromatic heterocycles. The van der Waals surface area contributed by atoms with Crippen molar-refractivity contribution in [3.05, 3.63) is 0 Å². The first-order valence-electron chi connectivity index (χ1n) is 5.45. The van der Waals surface area contributed by atoms with Gasteiger partial charge in [0.25, 0.3) is 0 Å². The summed E-state index contributed by atoms with van der Waals surface area (Å²) in [6.07, 6.45) is -6.82. The van der Waals surface area contributed by atoms with E-state index in [4.69, 9.17) is 40.9 Å². The third-order valence-corrected chi connectivity index (χ3v) is 2.09. The van der Waals surface area contributed by atoms with Gasteiger partial charge in [0.05, 0.1) is 12.8 Å². The molecule has 8 N–H and O–H groups in total. The van der Waals surface area contributed by atoms with Crippen LogP contribution < -0.4 is 0 Å². The van der Waals surface area contributed by atoms with Crippen molar-refractivity contribution in [1.29, 1.82) is 0 Å². The number of carbonyl (C=O) groups is 5.